The van der Waals surface area contributed by atoms with Gasteiger partial charge in [0.2, 0.25) is 0 Å². The van der Waals surface area contributed by atoms with Gasteiger partial charge in [-0.3, -0.25) is 9.36 Å². The van der Waals surface area contributed by atoms with E-state index in [1.54, 1.807) is 24.3 Å². The molecule has 3 N–H and O–H groups in total. The highest BCUT2D eigenvalue weighted by molar-refractivity contribution is 6.19. The Morgan fingerprint density at radius 2 is 2.04 bits per heavy atom. The number of amides is 1. The van der Waals surface area contributed by atoms with E-state index in [9.17, 15) is 15.0 Å². The molecular weight excluding hydrogens is 374 g/mol. The van der Waals surface area contributed by atoms with Crippen LogP contribution in [0.5, 0.6) is 0 Å². The van der Waals surface area contributed by atoms with Crippen molar-refractivity contribution < 1.29 is 19.7 Å². The maximum absolute atomic E-state index is 12.4. The van der Waals surface area contributed by atoms with Crippen LogP contribution in [0.1, 0.15) is 15.9 Å². The van der Waals surface area contributed by atoms with Crippen LogP contribution in [0.15, 0.2) is 43.0 Å². The van der Waals surface area contributed by atoms with Gasteiger partial charge in [-0.05, 0) is 12.1 Å². The minimum Gasteiger partial charge on any atom is -0.394 e. The first-order valence-electron chi connectivity index (χ1n) is 8.06. The van der Waals surface area contributed by atoms with Crippen molar-refractivity contribution in [2.75, 3.05) is 19.0 Å². The lowest BCUT2D eigenvalue weighted by atomic mass is 10.2. The molecule has 10 heteroatoms. The number of anilines is 1. The second kappa shape index (κ2) is 8.40. The molecule has 1 aromatic carbocycles. The number of aromatic nitrogens is 4. The lowest BCUT2D eigenvalue weighted by Gasteiger charge is -2.24. The van der Waals surface area contributed by atoms with Crippen LogP contribution in [0.25, 0.3) is 11.2 Å². The first-order chi connectivity index (χ1) is 13.1. The molecule has 0 saturated carbocycles. The summed E-state index contributed by atoms with van der Waals surface area (Å²) in [6.45, 7) is -0.402. The number of ether oxygens (including phenoxy) is 1. The summed E-state index contributed by atoms with van der Waals surface area (Å²) in [4.78, 5) is 24.8. The number of carbonyl (C=O) groups excluding carboxylic acids is 1. The molecule has 0 saturated heterocycles. The van der Waals surface area contributed by atoms with Crippen molar-refractivity contribution in [3.8, 4) is 0 Å². The second-order valence-corrected chi connectivity index (χ2v) is 6.13. The van der Waals surface area contributed by atoms with Crippen molar-refractivity contribution in [2.24, 2.45) is 0 Å². The second-order valence-electron chi connectivity index (χ2n) is 5.69. The van der Waals surface area contributed by atoms with Gasteiger partial charge in [-0.15, -0.1) is 0 Å². The Morgan fingerprint density at radius 3 is 2.70 bits per heavy atom. The van der Waals surface area contributed by atoms with Gasteiger partial charge in [-0.1, -0.05) is 29.8 Å². The van der Waals surface area contributed by atoms with E-state index in [2.05, 4.69) is 20.3 Å². The van der Waals surface area contributed by atoms with Gasteiger partial charge < -0.3 is 20.3 Å². The van der Waals surface area contributed by atoms with E-state index in [1.165, 1.54) is 24.3 Å². The van der Waals surface area contributed by atoms with Crippen LogP contribution in [-0.4, -0.2) is 61.6 Å². The summed E-state index contributed by atoms with van der Waals surface area (Å²) in [6, 6.07) is 8.68. The molecule has 1 amide bonds. The zero-order valence-corrected chi connectivity index (χ0v) is 15.1. The van der Waals surface area contributed by atoms with Gasteiger partial charge in [0, 0.05) is 12.7 Å². The largest absolute Gasteiger partial charge is 0.394 e. The van der Waals surface area contributed by atoms with Crippen molar-refractivity contribution in [3.63, 3.8) is 0 Å². The summed E-state index contributed by atoms with van der Waals surface area (Å²) in [7, 11) is 1.36. The predicted molar refractivity (Wildman–Crippen MR) is 98.5 cm³/mol. The number of nitrogens with zero attached hydrogens (tertiary/aromatic N) is 4. The van der Waals surface area contributed by atoms with Crippen LogP contribution >= 0.6 is 11.6 Å². The summed E-state index contributed by atoms with van der Waals surface area (Å²) in [5.41, 5.74) is 0.109. The number of aliphatic hydroxyl groups excluding tert-OH is 2. The lowest BCUT2D eigenvalue weighted by molar-refractivity contribution is -0.0494. The first kappa shape index (κ1) is 19.2. The quantitative estimate of drug-likeness (QED) is 0.517. The molecule has 0 spiro atoms. The van der Waals surface area contributed by atoms with Crippen molar-refractivity contribution in [1.82, 2.24) is 19.5 Å². The van der Waals surface area contributed by atoms with Crippen molar-refractivity contribution in [2.45, 2.75) is 17.7 Å². The average Bonchev–Trinajstić information content (AvgIpc) is 3.14. The average molecular weight is 392 g/mol. The number of hydrogen-bond acceptors (Lipinski definition) is 7. The van der Waals surface area contributed by atoms with Crippen molar-refractivity contribution in [1.29, 1.82) is 0 Å². The number of benzene rings is 1. The van der Waals surface area contributed by atoms with Gasteiger partial charge >= 0.3 is 0 Å². The number of imidazole rings is 1. The van der Waals surface area contributed by atoms with E-state index >= 15 is 0 Å². The fraction of sp³-hybridized carbons (Fsp3) is 0.294. The molecular formula is C17H18ClN5O4. The molecule has 3 rings (SSSR count). The number of fused-ring (bicyclic) bond motifs is 1. The number of aliphatic hydroxyl groups is 2. The Morgan fingerprint density at radius 1 is 1.30 bits per heavy atom. The monoisotopic (exact) mass is 391 g/mol. The Labute approximate surface area is 159 Å². The number of rotatable bonds is 7. The highest BCUT2D eigenvalue weighted by Crippen LogP contribution is 2.27. The minimum atomic E-state index is -1.21. The van der Waals surface area contributed by atoms with Gasteiger partial charge in [0.1, 0.15) is 24.0 Å². The van der Waals surface area contributed by atoms with Crippen LogP contribution in [0.4, 0.5) is 5.82 Å². The number of carbonyl (C=O) groups is 1. The third-order valence-electron chi connectivity index (χ3n) is 4.04. The number of nitrogens with one attached hydrogen (secondary N) is 1. The highest BCUT2D eigenvalue weighted by Gasteiger charge is 2.29. The Balaban J connectivity index is 1.89. The number of alkyl halides is 1. The summed E-state index contributed by atoms with van der Waals surface area (Å²) < 4.78 is 6.43. The molecule has 3 atom stereocenters. The maximum Gasteiger partial charge on any atom is 0.256 e. The molecule has 2 heterocycles. The van der Waals surface area contributed by atoms with Crippen LogP contribution < -0.4 is 5.32 Å². The molecule has 3 aromatic rings. The van der Waals surface area contributed by atoms with E-state index in [4.69, 9.17) is 16.3 Å². The third kappa shape index (κ3) is 3.91. The zero-order chi connectivity index (χ0) is 19.4. The SMILES string of the molecule is CO[C@H](CO)[C@@H](O)[C@@H](Cl)n1cnc2c(NC(=O)c3ccccc3)ncnc21. The van der Waals surface area contributed by atoms with E-state index in [1.807, 2.05) is 6.07 Å². The number of hydrogen-bond donors (Lipinski definition) is 3. The van der Waals surface area contributed by atoms with Gasteiger partial charge in [-0.2, -0.15) is 0 Å². The van der Waals surface area contributed by atoms with Gasteiger partial charge in [0.05, 0.1) is 12.9 Å². The van der Waals surface area contributed by atoms with Crippen molar-refractivity contribution in [3.05, 3.63) is 48.5 Å². The van der Waals surface area contributed by atoms with Gasteiger partial charge in [0.15, 0.2) is 17.0 Å². The standard InChI is InChI=1S/C17H18ClN5O4/c1-27-11(7-24)13(25)14(18)23-9-21-12-15(19-8-20-16(12)23)22-17(26)10-5-3-2-4-6-10/h2-6,8-9,11,13-14,24-25H,7H2,1H3,(H,19,20,22,26)/t11-,13-,14+/m1/s1. The fourth-order valence-corrected chi connectivity index (χ4v) is 2.86. The molecule has 0 aliphatic heterocycles. The summed E-state index contributed by atoms with van der Waals surface area (Å²) in [5.74, 6) is -0.122. The van der Waals surface area contributed by atoms with Crippen LogP contribution in [0, 0.1) is 0 Å². The van der Waals surface area contributed by atoms with E-state index < -0.39 is 24.3 Å². The molecule has 0 aliphatic carbocycles. The van der Waals surface area contributed by atoms with E-state index in [0.29, 0.717) is 16.7 Å². The van der Waals surface area contributed by atoms with Crippen LogP contribution in [0.2, 0.25) is 0 Å². The topological polar surface area (TPSA) is 122 Å². The Bertz CT molecular complexity index is 916. The predicted octanol–water partition coefficient (Wildman–Crippen LogP) is 1.18. The molecule has 0 bridgehead atoms. The molecule has 0 unspecified atom stereocenters. The Kier molecular flexibility index (Phi) is 5.97. The molecule has 142 valence electrons. The lowest BCUT2D eigenvalue weighted by Crippen LogP contribution is -2.36. The van der Waals surface area contributed by atoms with E-state index in [0.717, 1.165) is 0 Å². The number of halogens is 1. The third-order valence-corrected chi connectivity index (χ3v) is 4.51. The zero-order valence-electron chi connectivity index (χ0n) is 14.4. The Hall–Kier alpha value is -2.59. The molecule has 27 heavy (non-hydrogen) atoms. The fourth-order valence-electron chi connectivity index (χ4n) is 2.56. The molecule has 2 aromatic heterocycles. The van der Waals surface area contributed by atoms with E-state index in [-0.39, 0.29) is 11.7 Å². The van der Waals surface area contributed by atoms with Gasteiger partial charge in [0.25, 0.3) is 5.91 Å². The molecule has 9 nitrogen and oxygen atoms in total. The first-order valence-corrected chi connectivity index (χ1v) is 8.50. The minimum absolute atomic E-state index is 0.219. The summed E-state index contributed by atoms with van der Waals surface area (Å²) in [6.07, 6.45) is 0.555. The van der Waals surface area contributed by atoms with Gasteiger partial charge in [-0.25, -0.2) is 15.0 Å². The molecule has 0 aliphatic rings. The maximum atomic E-state index is 12.4. The van der Waals surface area contributed by atoms with Crippen molar-refractivity contribution >= 4 is 34.5 Å². The van der Waals surface area contributed by atoms with Crippen LogP contribution in [0.3, 0.4) is 0 Å². The molecule has 0 fully saturated rings. The van der Waals surface area contributed by atoms with Crippen LogP contribution in [-0.2, 0) is 4.74 Å². The molecule has 0 radical (unpaired) electrons. The highest BCUT2D eigenvalue weighted by atomic mass is 35.5. The number of methoxy groups -OCH3 is 1. The smallest absolute Gasteiger partial charge is 0.256 e. The summed E-state index contributed by atoms with van der Waals surface area (Å²) in [5, 5.41) is 22.3. The summed E-state index contributed by atoms with van der Waals surface area (Å²) >= 11 is 6.32. The normalized spacial score (nSPS) is 14.7.